The number of aromatic nitrogens is 5. The average Bonchev–Trinajstić information content (AvgIpc) is 3.60. The maximum absolute atomic E-state index is 12.8. The summed E-state index contributed by atoms with van der Waals surface area (Å²) in [6.45, 7) is 5.71. The second kappa shape index (κ2) is 11.2. The first-order valence-corrected chi connectivity index (χ1v) is 14.7. The standard InChI is InChI=1S/C30H33N7O4S/c1-30(2,3)41-29(39)37-8-7-22(12-21(37)15-38)40-25-10-18(19-13-34-36(4)14-19)9-24-27(25)28(32-16-31-24)35-20-5-6-23-26(11-20)42-17-33-23/h5-6,9-11,13-14,16-17,21-22,38H,7-8,12,15H2,1-4H3,(H,31,32,35)/t21?,22-/m0/s1. The fourth-order valence-corrected chi connectivity index (χ4v) is 5.90. The molecular formula is C30H33N7O4S. The normalized spacial score (nSPS) is 17.5. The van der Waals surface area contributed by atoms with Crippen LogP contribution < -0.4 is 10.1 Å². The predicted octanol–water partition coefficient (Wildman–Crippen LogP) is 5.52. The molecule has 0 aliphatic carbocycles. The number of piperidine rings is 1. The van der Waals surface area contributed by atoms with Crippen molar-refractivity contribution in [3.05, 3.63) is 54.6 Å². The number of hydrogen-bond donors (Lipinski definition) is 2. The molecule has 1 saturated heterocycles. The van der Waals surface area contributed by atoms with Crippen LogP contribution in [-0.4, -0.2) is 71.7 Å². The zero-order valence-electron chi connectivity index (χ0n) is 23.9. The quantitative estimate of drug-likeness (QED) is 0.264. The molecule has 0 radical (unpaired) electrons. The number of likely N-dealkylation sites (tertiary alicyclic amines) is 1. The molecule has 11 nitrogen and oxygen atoms in total. The van der Waals surface area contributed by atoms with Crippen LogP contribution >= 0.6 is 11.3 Å². The fraction of sp³-hybridized carbons (Fsp3) is 0.367. The Morgan fingerprint density at radius 1 is 1.14 bits per heavy atom. The Morgan fingerprint density at radius 2 is 2.00 bits per heavy atom. The van der Waals surface area contributed by atoms with Gasteiger partial charge in [0.15, 0.2) is 0 Å². The molecule has 6 rings (SSSR count). The van der Waals surface area contributed by atoms with Crippen LogP contribution in [0, 0.1) is 0 Å². The molecule has 3 aromatic heterocycles. The monoisotopic (exact) mass is 587 g/mol. The minimum absolute atomic E-state index is 0.189. The van der Waals surface area contributed by atoms with E-state index in [0.29, 0.717) is 36.5 Å². The van der Waals surface area contributed by atoms with Crippen molar-refractivity contribution in [3.63, 3.8) is 0 Å². The summed E-state index contributed by atoms with van der Waals surface area (Å²) in [5.41, 5.74) is 5.58. The van der Waals surface area contributed by atoms with Crippen molar-refractivity contribution in [1.82, 2.24) is 29.6 Å². The van der Waals surface area contributed by atoms with Crippen LogP contribution in [0.15, 0.2) is 54.6 Å². The van der Waals surface area contributed by atoms with Crippen molar-refractivity contribution in [2.75, 3.05) is 18.5 Å². The summed E-state index contributed by atoms with van der Waals surface area (Å²) >= 11 is 1.58. The molecule has 12 heteroatoms. The molecule has 1 aliphatic heterocycles. The lowest BCUT2D eigenvalue weighted by Crippen LogP contribution is -2.51. The molecule has 0 bridgehead atoms. The highest BCUT2D eigenvalue weighted by molar-refractivity contribution is 7.16. The molecule has 4 heterocycles. The summed E-state index contributed by atoms with van der Waals surface area (Å²) in [6, 6.07) is 9.55. The van der Waals surface area contributed by atoms with Gasteiger partial charge in [0.25, 0.3) is 0 Å². The third-order valence-electron chi connectivity index (χ3n) is 7.13. The highest BCUT2D eigenvalue weighted by Crippen LogP contribution is 2.38. The Hall–Kier alpha value is -4.29. The van der Waals surface area contributed by atoms with Gasteiger partial charge in [-0.1, -0.05) is 0 Å². The lowest BCUT2D eigenvalue weighted by atomic mass is 9.99. The number of rotatable bonds is 6. The van der Waals surface area contributed by atoms with Crippen LogP contribution in [0.5, 0.6) is 5.75 Å². The van der Waals surface area contributed by atoms with Crippen molar-refractivity contribution in [3.8, 4) is 16.9 Å². The largest absolute Gasteiger partial charge is 0.489 e. The van der Waals surface area contributed by atoms with Crippen molar-refractivity contribution >= 4 is 50.1 Å². The van der Waals surface area contributed by atoms with Crippen LogP contribution in [0.2, 0.25) is 0 Å². The Morgan fingerprint density at radius 3 is 2.76 bits per heavy atom. The van der Waals surface area contributed by atoms with Gasteiger partial charge in [-0.15, -0.1) is 11.3 Å². The molecule has 2 atom stereocenters. The number of fused-ring (bicyclic) bond motifs is 2. The molecule has 0 spiro atoms. The van der Waals surface area contributed by atoms with E-state index in [0.717, 1.165) is 32.4 Å². The van der Waals surface area contributed by atoms with Crippen LogP contribution in [0.25, 0.3) is 32.2 Å². The second-order valence-electron chi connectivity index (χ2n) is 11.4. The molecule has 1 unspecified atom stereocenters. The number of benzene rings is 2. The van der Waals surface area contributed by atoms with Gasteiger partial charge in [0, 0.05) is 43.9 Å². The number of carbonyl (C=O) groups is 1. The van der Waals surface area contributed by atoms with Crippen LogP contribution in [0.4, 0.5) is 16.3 Å². The Labute approximate surface area is 247 Å². The van der Waals surface area contributed by atoms with Crippen molar-refractivity contribution in [2.24, 2.45) is 7.05 Å². The summed E-state index contributed by atoms with van der Waals surface area (Å²) in [5, 5.41) is 18.7. The number of ether oxygens (including phenoxy) is 2. The minimum Gasteiger partial charge on any atom is -0.489 e. The Bertz CT molecular complexity index is 1740. The van der Waals surface area contributed by atoms with Gasteiger partial charge in [0.2, 0.25) is 0 Å². The number of aliphatic hydroxyl groups is 1. The van der Waals surface area contributed by atoms with E-state index < -0.39 is 17.7 Å². The predicted molar refractivity (Wildman–Crippen MR) is 162 cm³/mol. The number of carbonyl (C=O) groups excluding carboxylic acids is 1. The first-order chi connectivity index (χ1) is 20.2. The van der Waals surface area contributed by atoms with Gasteiger partial charge in [-0.2, -0.15) is 5.10 Å². The number of thiazole rings is 1. The highest BCUT2D eigenvalue weighted by atomic mass is 32.1. The van der Waals surface area contributed by atoms with E-state index >= 15 is 0 Å². The smallest absolute Gasteiger partial charge is 0.410 e. The van der Waals surface area contributed by atoms with E-state index in [1.54, 1.807) is 27.1 Å². The molecular weight excluding hydrogens is 554 g/mol. The van der Waals surface area contributed by atoms with E-state index in [9.17, 15) is 9.90 Å². The van der Waals surface area contributed by atoms with Gasteiger partial charge in [0.05, 0.1) is 45.5 Å². The van der Waals surface area contributed by atoms with Crippen molar-refractivity contribution in [2.45, 2.75) is 51.4 Å². The lowest BCUT2D eigenvalue weighted by Gasteiger charge is -2.39. The number of aliphatic hydroxyl groups excluding tert-OH is 1. The summed E-state index contributed by atoms with van der Waals surface area (Å²) in [7, 11) is 1.87. The maximum Gasteiger partial charge on any atom is 0.410 e. The van der Waals surface area contributed by atoms with Crippen molar-refractivity contribution < 1.29 is 19.4 Å². The van der Waals surface area contributed by atoms with E-state index in [-0.39, 0.29) is 12.7 Å². The molecule has 1 fully saturated rings. The van der Waals surface area contributed by atoms with Gasteiger partial charge >= 0.3 is 6.09 Å². The minimum atomic E-state index is -0.621. The number of amides is 1. The van der Waals surface area contributed by atoms with E-state index in [1.165, 1.54) is 6.33 Å². The highest BCUT2D eigenvalue weighted by Gasteiger charge is 2.35. The zero-order valence-corrected chi connectivity index (χ0v) is 24.8. The van der Waals surface area contributed by atoms with Crippen LogP contribution in [0.1, 0.15) is 33.6 Å². The molecule has 42 heavy (non-hydrogen) atoms. The average molecular weight is 588 g/mol. The number of anilines is 2. The van der Waals surface area contributed by atoms with E-state index in [2.05, 4.69) is 25.4 Å². The lowest BCUT2D eigenvalue weighted by molar-refractivity contribution is -0.0142. The molecule has 2 aromatic carbocycles. The third-order valence-corrected chi connectivity index (χ3v) is 7.93. The maximum atomic E-state index is 12.8. The molecule has 5 aromatic rings. The third kappa shape index (κ3) is 5.86. The van der Waals surface area contributed by atoms with Gasteiger partial charge in [-0.25, -0.2) is 19.7 Å². The SMILES string of the molecule is Cn1cc(-c2cc(O[C@H]3CCN(C(=O)OC(C)(C)C)C(CO)C3)c3c(Nc4ccc5ncsc5c4)ncnc3c2)cn1. The zero-order chi connectivity index (χ0) is 29.4. The van der Waals surface area contributed by atoms with Crippen LogP contribution in [-0.2, 0) is 11.8 Å². The number of hydrogen-bond acceptors (Lipinski definition) is 10. The topological polar surface area (TPSA) is 128 Å². The Kier molecular flexibility index (Phi) is 7.42. The first kappa shape index (κ1) is 27.9. The van der Waals surface area contributed by atoms with Crippen LogP contribution in [0.3, 0.4) is 0 Å². The number of aryl methyl sites for hydroxylation is 1. The molecule has 2 N–H and O–H groups in total. The first-order valence-electron chi connectivity index (χ1n) is 13.8. The Balaban J connectivity index is 1.35. The van der Waals surface area contributed by atoms with E-state index in [4.69, 9.17) is 9.47 Å². The van der Waals surface area contributed by atoms with Gasteiger partial charge in [-0.05, 0) is 56.7 Å². The molecule has 218 valence electrons. The fourth-order valence-electron chi connectivity index (χ4n) is 5.18. The number of nitrogens with one attached hydrogen (secondary N) is 1. The summed E-state index contributed by atoms with van der Waals surface area (Å²) < 4.78 is 15.1. The van der Waals surface area contributed by atoms with Gasteiger partial charge in [-0.3, -0.25) is 4.68 Å². The summed E-state index contributed by atoms with van der Waals surface area (Å²) in [5.74, 6) is 1.22. The van der Waals surface area contributed by atoms with Gasteiger partial charge in [0.1, 0.15) is 29.6 Å². The van der Waals surface area contributed by atoms with E-state index in [1.807, 2.05) is 69.9 Å². The molecule has 0 saturated carbocycles. The second-order valence-corrected chi connectivity index (χ2v) is 12.3. The van der Waals surface area contributed by atoms with Crippen molar-refractivity contribution in [1.29, 1.82) is 0 Å². The summed E-state index contributed by atoms with van der Waals surface area (Å²) in [4.78, 5) is 28.0. The molecule has 1 aliphatic rings. The summed E-state index contributed by atoms with van der Waals surface area (Å²) in [6.07, 6.45) is 5.62. The molecule has 1 amide bonds. The number of nitrogens with zero attached hydrogens (tertiary/aromatic N) is 6. The van der Waals surface area contributed by atoms with Gasteiger partial charge < -0.3 is 24.8 Å².